The Morgan fingerprint density at radius 2 is 2.00 bits per heavy atom. The lowest BCUT2D eigenvalue weighted by Crippen LogP contribution is -2.16. The van der Waals surface area contributed by atoms with Crippen molar-refractivity contribution in [1.82, 2.24) is 0 Å². The zero-order valence-corrected chi connectivity index (χ0v) is 6.96. The fraction of sp³-hybridized carbons (Fsp3) is 1.00. The summed E-state index contributed by atoms with van der Waals surface area (Å²) >= 11 is 0. The van der Waals surface area contributed by atoms with Crippen molar-refractivity contribution in [2.75, 3.05) is 0 Å². The summed E-state index contributed by atoms with van der Waals surface area (Å²) < 4.78 is 5.62. The Balaban J connectivity index is 1.58. The maximum absolute atomic E-state index is 5.62. The summed E-state index contributed by atoms with van der Waals surface area (Å²) in [6, 6.07) is 0. The minimum absolute atomic E-state index is 0.701. The van der Waals surface area contributed by atoms with Crippen molar-refractivity contribution >= 4 is 0 Å². The van der Waals surface area contributed by atoms with E-state index in [0.29, 0.717) is 12.2 Å². The first kappa shape index (κ1) is 6.47. The van der Waals surface area contributed by atoms with Crippen LogP contribution in [0.4, 0.5) is 0 Å². The first-order valence-electron chi connectivity index (χ1n) is 5.09. The molecule has 0 aromatic heterocycles. The Kier molecular flexibility index (Phi) is 1.31. The standard InChI is InChI=1S/C10H16O/c1-2-8(6-7-4-5-7)10-9(3-1)11-10/h7-10H,1-6H2. The number of rotatable bonds is 2. The Morgan fingerprint density at radius 1 is 1.09 bits per heavy atom. The van der Waals surface area contributed by atoms with Crippen LogP contribution in [0.5, 0.6) is 0 Å². The molecule has 0 aromatic carbocycles. The van der Waals surface area contributed by atoms with Crippen LogP contribution in [-0.4, -0.2) is 12.2 Å². The quantitative estimate of drug-likeness (QED) is 0.553. The van der Waals surface area contributed by atoms with E-state index in [4.69, 9.17) is 4.74 Å². The van der Waals surface area contributed by atoms with Gasteiger partial charge in [-0.25, -0.2) is 0 Å². The third-order valence-electron chi connectivity index (χ3n) is 3.48. The number of epoxide rings is 1. The van der Waals surface area contributed by atoms with Gasteiger partial charge in [-0.2, -0.15) is 0 Å². The summed E-state index contributed by atoms with van der Waals surface area (Å²) in [4.78, 5) is 0. The Bertz CT molecular complexity index is 162. The minimum Gasteiger partial charge on any atom is -0.369 e. The van der Waals surface area contributed by atoms with E-state index in [2.05, 4.69) is 0 Å². The van der Waals surface area contributed by atoms with E-state index in [1.165, 1.54) is 38.5 Å². The van der Waals surface area contributed by atoms with E-state index in [0.717, 1.165) is 11.8 Å². The molecule has 0 spiro atoms. The molecule has 1 nitrogen and oxygen atoms in total. The van der Waals surface area contributed by atoms with Gasteiger partial charge in [-0.3, -0.25) is 0 Å². The monoisotopic (exact) mass is 152 g/mol. The zero-order valence-electron chi connectivity index (χ0n) is 6.96. The van der Waals surface area contributed by atoms with Gasteiger partial charge in [0.1, 0.15) is 0 Å². The van der Waals surface area contributed by atoms with Crippen molar-refractivity contribution in [2.45, 2.75) is 50.7 Å². The number of ether oxygens (including phenoxy) is 1. The van der Waals surface area contributed by atoms with Crippen molar-refractivity contribution in [3.63, 3.8) is 0 Å². The molecule has 3 aliphatic rings. The SMILES string of the molecule is C1CC(CC2CC2)C2OC2C1. The lowest BCUT2D eigenvalue weighted by Gasteiger charge is -2.17. The predicted molar refractivity (Wildman–Crippen MR) is 43.3 cm³/mol. The third-order valence-corrected chi connectivity index (χ3v) is 3.48. The van der Waals surface area contributed by atoms with E-state index in [1.54, 1.807) is 0 Å². The van der Waals surface area contributed by atoms with Gasteiger partial charge in [0, 0.05) is 0 Å². The fourth-order valence-electron chi connectivity index (χ4n) is 2.58. The van der Waals surface area contributed by atoms with Crippen LogP contribution in [-0.2, 0) is 4.74 Å². The van der Waals surface area contributed by atoms with Gasteiger partial charge in [0.15, 0.2) is 0 Å². The molecule has 0 N–H and O–H groups in total. The molecule has 3 atom stereocenters. The lowest BCUT2D eigenvalue weighted by molar-refractivity contribution is 0.299. The number of hydrogen-bond donors (Lipinski definition) is 0. The summed E-state index contributed by atoms with van der Waals surface area (Å²) in [6.45, 7) is 0. The molecule has 1 heteroatoms. The van der Waals surface area contributed by atoms with E-state index in [1.807, 2.05) is 0 Å². The summed E-state index contributed by atoms with van der Waals surface area (Å²) in [7, 11) is 0. The predicted octanol–water partition coefficient (Wildman–Crippen LogP) is 2.35. The molecule has 0 radical (unpaired) electrons. The molecule has 2 aliphatic carbocycles. The summed E-state index contributed by atoms with van der Waals surface area (Å²) in [6.07, 6.45) is 10.2. The molecule has 0 aromatic rings. The van der Waals surface area contributed by atoms with E-state index in [-0.39, 0.29) is 0 Å². The maximum Gasteiger partial charge on any atom is 0.0870 e. The molecule has 2 saturated carbocycles. The largest absolute Gasteiger partial charge is 0.369 e. The van der Waals surface area contributed by atoms with E-state index < -0.39 is 0 Å². The van der Waals surface area contributed by atoms with Gasteiger partial charge in [0.05, 0.1) is 12.2 Å². The highest BCUT2D eigenvalue weighted by Crippen LogP contribution is 2.47. The van der Waals surface area contributed by atoms with Gasteiger partial charge in [0.2, 0.25) is 0 Å². The third kappa shape index (κ3) is 1.20. The molecule has 3 rings (SSSR count). The molecule has 1 aliphatic heterocycles. The van der Waals surface area contributed by atoms with Crippen molar-refractivity contribution in [1.29, 1.82) is 0 Å². The second-order valence-corrected chi connectivity index (χ2v) is 4.51. The molecule has 1 heterocycles. The first-order chi connectivity index (χ1) is 5.43. The molecule has 11 heavy (non-hydrogen) atoms. The molecular formula is C10H16O. The highest BCUT2D eigenvalue weighted by molar-refractivity contribution is 4.96. The fourth-order valence-corrected chi connectivity index (χ4v) is 2.58. The smallest absolute Gasteiger partial charge is 0.0870 e. The maximum atomic E-state index is 5.62. The van der Waals surface area contributed by atoms with Crippen LogP contribution in [0.25, 0.3) is 0 Å². The normalized spacial score (nSPS) is 48.5. The van der Waals surface area contributed by atoms with Crippen molar-refractivity contribution < 1.29 is 4.74 Å². The number of hydrogen-bond acceptors (Lipinski definition) is 1. The van der Waals surface area contributed by atoms with Gasteiger partial charge >= 0.3 is 0 Å². The zero-order chi connectivity index (χ0) is 7.26. The van der Waals surface area contributed by atoms with Crippen LogP contribution in [0.3, 0.4) is 0 Å². The van der Waals surface area contributed by atoms with Gasteiger partial charge in [0.25, 0.3) is 0 Å². The van der Waals surface area contributed by atoms with Crippen LogP contribution >= 0.6 is 0 Å². The van der Waals surface area contributed by atoms with Crippen LogP contribution in [0.1, 0.15) is 38.5 Å². The highest BCUT2D eigenvalue weighted by Gasteiger charge is 2.48. The van der Waals surface area contributed by atoms with Crippen molar-refractivity contribution in [3.8, 4) is 0 Å². The van der Waals surface area contributed by atoms with Crippen LogP contribution in [0, 0.1) is 11.8 Å². The first-order valence-corrected chi connectivity index (χ1v) is 5.09. The van der Waals surface area contributed by atoms with Gasteiger partial charge in [-0.15, -0.1) is 0 Å². The second-order valence-electron chi connectivity index (χ2n) is 4.51. The average Bonchev–Trinajstić information content (AvgIpc) is 2.80. The molecule has 0 amide bonds. The molecule has 3 fully saturated rings. The summed E-state index contributed by atoms with van der Waals surface area (Å²) in [5.41, 5.74) is 0. The van der Waals surface area contributed by atoms with Crippen LogP contribution in [0.2, 0.25) is 0 Å². The van der Waals surface area contributed by atoms with Crippen molar-refractivity contribution in [3.05, 3.63) is 0 Å². The molecule has 62 valence electrons. The molecule has 0 bridgehead atoms. The average molecular weight is 152 g/mol. The van der Waals surface area contributed by atoms with Gasteiger partial charge < -0.3 is 4.74 Å². The van der Waals surface area contributed by atoms with Crippen LogP contribution < -0.4 is 0 Å². The minimum atomic E-state index is 0.701. The topological polar surface area (TPSA) is 12.5 Å². The molecular weight excluding hydrogens is 136 g/mol. The summed E-state index contributed by atoms with van der Waals surface area (Å²) in [5.74, 6) is 2.06. The second kappa shape index (κ2) is 2.22. The molecule has 3 unspecified atom stereocenters. The number of fused-ring (bicyclic) bond motifs is 1. The Morgan fingerprint density at radius 3 is 2.82 bits per heavy atom. The van der Waals surface area contributed by atoms with Crippen LogP contribution in [0.15, 0.2) is 0 Å². The molecule has 1 saturated heterocycles. The van der Waals surface area contributed by atoms with Crippen molar-refractivity contribution in [2.24, 2.45) is 11.8 Å². The Labute approximate surface area is 68.1 Å². The lowest BCUT2D eigenvalue weighted by atomic mass is 9.85. The summed E-state index contributed by atoms with van der Waals surface area (Å²) in [5, 5.41) is 0. The van der Waals surface area contributed by atoms with Gasteiger partial charge in [-0.1, -0.05) is 19.3 Å². The Hall–Kier alpha value is -0.0400. The van der Waals surface area contributed by atoms with E-state index in [9.17, 15) is 0 Å². The highest BCUT2D eigenvalue weighted by atomic mass is 16.6. The van der Waals surface area contributed by atoms with E-state index >= 15 is 0 Å². The van der Waals surface area contributed by atoms with Gasteiger partial charge in [-0.05, 0) is 31.1 Å².